The van der Waals surface area contributed by atoms with Gasteiger partial charge in [0.15, 0.2) is 11.5 Å². The molecule has 1 aromatic rings. The van der Waals surface area contributed by atoms with Crippen molar-refractivity contribution in [3.8, 4) is 11.5 Å². The Morgan fingerprint density at radius 1 is 1.24 bits per heavy atom. The van der Waals surface area contributed by atoms with Gasteiger partial charge in [0.05, 0.1) is 0 Å². The summed E-state index contributed by atoms with van der Waals surface area (Å²) in [6.45, 7) is 6.43. The van der Waals surface area contributed by atoms with Crippen molar-refractivity contribution in [2.24, 2.45) is 11.1 Å². The number of ether oxygens (including phenoxy) is 2. The predicted octanol–water partition coefficient (Wildman–Crippen LogP) is 1.95. The maximum absolute atomic E-state index is 12.3. The maximum atomic E-state index is 12.3. The van der Waals surface area contributed by atoms with Crippen LogP contribution in [0.15, 0.2) is 18.2 Å². The summed E-state index contributed by atoms with van der Waals surface area (Å²) in [4.78, 5) is 12.3. The minimum atomic E-state index is -0.105. The lowest BCUT2D eigenvalue weighted by atomic mass is 9.82. The standard InChI is InChI=1S/C16H24N2O3/c1-3-16(4-2,10-17)11-18-15(19)12-5-6-13-14(9-12)21-8-7-20-13/h5-6,9H,3-4,7-8,10-11,17H2,1-2H3,(H,18,19). The second-order valence-electron chi connectivity index (χ2n) is 5.45. The van der Waals surface area contributed by atoms with Crippen LogP contribution in [0.4, 0.5) is 0 Å². The molecule has 1 aliphatic heterocycles. The number of benzene rings is 1. The average Bonchev–Trinajstić information content (AvgIpc) is 2.56. The molecule has 1 amide bonds. The third kappa shape index (κ3) is 3.47. The smallest absolute Gasteiger partial charge is 0.251 e. The van der Waals surface area contributed by atoms with Crippen molar-refractivity contribution in [1.29, 1.82) is 0 Å². The van der Waals surface area contributed by atoms with E-state index >= 15 is 0 Å². The summed E-state index contributed by atoms with van der Waals surface area (Å²) in [5.41, 5.74) is 6.41. The average molecular weight is 292 g/mol. The molecule has 2 rings (SSSR count). The summed E-state index contributed by atoms with van der Waals surface area (Å²) in [6, 6.07) is 5.26. The highest BCUT2D eigenvalue weighted by Crippen LogP contribution is 2.31. The first-order valence-electron chi connectivity index (χ1n) is 7.52. The van der Waals surface area contributed by atoms with Gasteiger partial charge in [0.1, 0.15) is 13.2 Å². The van der Waals surface area contributed by atoms with Crippen LogP contribution in [0.3, 0.4) is 0 Å². The van der Waals surface area contributed by atoms with Gasteiger partial charge in [-0.15, -0.1) is 0 Å². The number of hydrogen-bond donors (Lipinski definition) is 2. The molecule has 0 saturated heterocycles. The van der Waals surface area contributed by atoms with Gasteiger partial charge < -0.3 is 20.5 Å². The third-order valence-electron chi connectivity index (χ3n) is 4.36. The maximum Gasteiger partial charge on any atom is 0.251 e. The first kappa shape index (κ1) is 15.6. The van der Waals surface area contributed by atoms with Crippen molar-refractivity contribution < 1.29 is 14.3 Å². The molecule has 0 fully saturated rings. The number of rotatable bonds is 6. The molecule has 1 aliphatic rings. The molecule has 3 N–H and O–H groups in total. The SMILES string of the molecule is CCC(CC)(CN)CNC(=O)c1ccc2c(c1)OCCO2. The van der Waals surface area contributed by atoms with E-state index in [-0.39, 0.29) is 11.3 Å². The van der Waals surface area contributed by atoms with E-state index in [0.717, 1.165) is 12.8 Å². The molecule has 0 aliphatic carbocycles. The number of hydrogen-bond acceptors (Lipinski definition) is 4. The molecule has 1 heterocycles. The minimum absolute atomic E-state index is 0.0243. The lowest BCUT2D eigenvalue weighted by molar-refractivity contribution is 0.0927. The molecule has 0 atom stereocenters. The van der Waals surface area contributed by atoms with Gasteiger partial charge in [0.25, 0.3) is 5.91 Å². The van der Waals surface area contributed by atoms with Gasteiger partial charge in [0.2, 0.25) is 0 Å². The van der Waals surface area contributed by atoms with Crippen LogP contribution in [0.2, 0.25) is 0 Å². The van der Waals surface area contributed by atoms with Crippen molar-refractivity contribution in [2.45, 2.75) is 26.7 Å². The fraction of sp³-hybridized carbons (Fsp3) is 0.562. The molecular weight excluding hydrogens is 268 g/mol. The summed E-state index contributed by atoms with van der Waals surface area (Å²) in [6.07, 6.45) is 1.89. The summed E-state index contributed by atoms with van der Waals surface area (Å²) in [5.74, 6) is 1.22. The van der Waals surface area contributed by atoms with Crippen molar-refractivity contribution in [2.75, 3.05) is 26.3 Å². The van der Waals surface area contributed by atoms with Gasteiger partial charge in [-0.1, -0.05) is 13.8 Å². The van der Waals surface area contributed by atoms with E-state index in [0.29, 0.717) is 43.4 Å². The Morgan fingerprint density at radius 2 is 1.90 bits per heavy atom. The molecule has 0 saturated carbocycles. The molecule has 21 heavy (non-hydrogen) atoms. The minimum Gasteiger partial charge on any atom is -0.486 e. The molecule has 5 heteroatoms. The number of amides is 1. The first-order chi connectivity index (χ1) is 10.1. The highest BCUT2D eigenvalue weighted by Gasteiger charge is 2.25. The van der Waals surface area contributed by atoms with E-state index in [2.05, 4.69) is 19.2 Å². The third-order valence-corrected chi connectivity index (χ3v) is 4.36. The van der Waals surface area contributed by atoms with Gasteiger partial charge in [-0.25, -0.2) is 0 Å². The number of nitrogens with two attached hydrogens (primary N) is 1. The highest BCUT2D eigenvalue weighted by atomic mass is 16.6. The van der Waals surface area contributed by atoms with Gasteiger partial charge in [-0.05, 0) is 43.0 Å². The Labute approximate surface area is 125 Å². The van der Waals surface area contributed by atoms with Gasteiger partial charge in [0, 0.05) is 12.1 Å². The van der Waals surface area contributed by atoms with E-state index in [1.54, 1.807) is 18.2 Å². The second-order valence-corrected chi connectivity index (χ2v) is 5.45. The van der Waals surface area contributed by atoms with Crippen LogP contribution >= 0.6 is 0 Å². The van der Waals surface area contributed by atoms with E-state index < -0.39 is 0 Å². The van der Waals surface area contributed by atoms with Gasteiger partial charge in [-0.2, -0.15) is 0 Å². The van der Waals surface area contributed by atoms with E-state index in [4.69, 9.17) is 15.2 Å². The summed E-state index contributed by atoms with van der Waals surface area (Å²) >= 11 is 0. The van der Waals surface area contributed by atoms with Crippen LogP contribution in [0, 0.1) is 5.41 Å². The fourth-order valence-electron chi connectivity index (χ4n) is 2.42. The number of nitrogens with one attached hydrogen (secondary N) is 1. The zero-order chi connectivity index (χ0) is 15.3. The van der Waals surface area contributed by atoms with E-state index in [1.807, 2.05) is 0 Å². The Morgan fingerprint density at radius 3 is 2.52 bits per heavy atom. The first-order valence-corrected chi connectivity index (χ1v) is 7.52. The van der Waals surface area contributed by atoms with Crippen molar-refractivity contribution in [3.63, 3.8) is 0 Å². The molecule has 0 bridgehead atoms. The normalized spacial score (nSPS) is 13.9. The summed E-state index contributed by atoms with van der Waals surface area (Å²) in [5, 5.41) is 2.98. The molecule has 0 spiro atoms. The number of carbonyl (C=O) groups is 1. The molecular formula is C16H24N2O3. The van der Waals surface area contributed by atoms with Crippen LogP contribution in [0.1, 0.15) is 37.0 Å². The van der Waals surface area contributed by atoms with Crippen LogP contribution in [0.25, 0.3) is 0 Å². The van der Waals surface area contributed by atoms with Crippen LogP contribution in [-0.2, 0) is 0 Å². The van der Waals surface area contributed by atoms with Crippen LogP contribution in [-0.4, -0.2) is 32.2 Å². The Bertz CT molecular complexity index is 490. The van der Waals surface area contributed by atoms with Crippen molar-refractivity contribution >= 4 is 5.91 Å². The van der Waals surface area contributed by atoms with Crippen LogP contribution < -0.4 is 20.5 Å². The van der Waals surface area contributed by atoms with Crippen molar-refractivity contribution in [1.82, 2.24) is 5.32 Å². The molecule has 0 unspecified atom stereocenters. The predicted molar refractivity (Wildman–Crippen MR) is 81.8 cm³/mol. The monoisotopic (exact) mass is 292 g/mol. The van der Waals surface area contributed by atoms with E-state index in [1.165, 1.54) is 0 Å². The number of fused-ring (bicyclic) bond motifs is 1. The quantitative estimate of drug-likeness (QED) is 0.840. The Hall–Kier alpha value is -1.75. The Balaban J connectivity index is 2.03. The molecule has 1 aromatic carbocycles. The summed E-state index contributed by atoms with van der Waals surface area (Å²) < 4.78 is 10.9. The highest BCUT2D eigenvalue weighted by molar-refractivity contribution is 5.94. The number of carbonyl (C=O) groups excluding carboxylic acids is 1. The van der Waals surface area contributed by atoms with Gasteiger partial charge in [-0.3, -0.25) is 4.79 Å². The largest absolute Gasteiger partial charge is 0.486 e. The lowest BCUT2D eigenvalue weighted by Crippen LogP contribution is -2.41. The molecule has 0 aromatic heterocycles. The zero-order valence-corrected chi connectivity index (χ0v) is 12.8. The van der Waals surface area contributed by atoms with Gasteiger partial charge >= 0.3 is 0 Å². The molecule has 5 nitrogen and oxygen atoms in total. The topological polar surface area (TPSA) is 73.6 Å². The zero-order valence-electron chi connectivity index (χ0n) is 12.8. The fourth-order valence-corrected chi connectivity index (χ4v) is 2.42. The lowest BCUT2D eigenvalue weighted by Gasteiger charge is -2.30. The Kier molecular flexibility index (Phi) is 5.07. The van der Waals surface area contributed by atoms with Crippen LogP contribution in [0.5, 0.6) is 11.5 Å². The second kappa shape index (κ2) is 6.80. The van der Waals surface area contributed by atoms with Crippen molar-refractivity contribution in [3.05, 3.63) is 23.8 Å². The van der Waals surface area contributed by atoms with E-state index in [9.17, 15) is 4.79 Å². The summed E-state index contributed by atoms with van der Waals surface area (Å²) in [7, 11) is 0. The molecule has 116 valence electrons. The molecule has 0 radical (unpaired) electrons.